The van der Waals surface area contributed by atoms with Crippen LogP contribution in [0.5, 0.6) is 5.75 Å². The van der Waals surface area contributed by atoms with Crippen molar-refractivity contribution in [2.75, 3.05) is 6.54 Å². The molecule has 0 aliphatic carbocycles. The fourth-order valence-electron chi connectivity index (χ4n) is 2.90. The highest BCUT2D eigenvalue weighted by Gasteiger charge is 2.23. The van der Waals surface area contributed by atoms with Crippen LogP contribution in [0.1, 0.15) is 35.6 Å². The van der Waals surface area contributed by atoms with Crippen LogP contribution in [-0.2, 0) is 6.42 Å². The van der Waals surface area contributed by atoms with Gasteiger partial charge in [0.05, 0.1) is 0 Å². The largest absolute Gasteiger partial charge is 0.488 e. The molecule has 1 aliphatic rings. The molecule has 2 heterocycles. The number of ether oxygens (including phenoxy) is 1. The summed E-state index contributed by atoms with van der Waals surface area (Å²) in [5.74, 6) is 2.96. The highest BCUT2D eigenvalue weighted by atomic mass is 79.9. The first-order valence-corrected chi connectivity index (χ1v) is 8.07. The number of fused-ring (bicyclic) bond motifs is 1. The summed E-state index contributed by atoms with van der Waals surface area (Å²) in [6, 6.07) is 8.57. The first kappa shape index (κ1) is 14.7. The lowest BCUT2D eigenvalue weighted by molar-refractivity contribution is 0.222. The topological polar surface area (TPSA) is 34.4 Å². The van der Waals surface area contributed by atoms with Crippen molar-refractivity contribution in [2.24, 2.45) is 0 Å². The summed E-state index contributed by atoms with van der Waals surface area (Å²) in [5, 5.41) is 3.55. The summed E-state index contributed by atoms with van der Waals surface area (Å²) >= 11 is 3.51. The van der Waals surface area contributed by atoms with Crippen molar-refractivity contribution >= 4 is 15.9 Å². The summed E-state index contributed by atoms with van der Waals surface area (Å²) in [5.41, 5.74) is 2.50. The van der Waals surface area contributed by atoms with Gasteiger partial charge in [0.2, 0.25) is 0 Å². The van der Waals surface area contributed by atoms with Crippen LogP contribution in [0.4, 0.5) is 0 Å². The van der Waals surface area contributed by atoms with Crippen LogP contribution in [0.2, 0.25) is 0 Å². The number of rotatable bonds is 4. The number of nitrogens with one attached hydrogen (secondary N) is 1. The van der Waals surface area contributed by atoms with E-state index in [0.29, 0.717) is 0 Å². The number of aryl methyl sites for hydroxylation is 2. The maximum absolute atomic E-state index is 5.98. The van der Waals surface area contributed by atoms with Crippen LogP contribution in [-0.4, -0.2) is 12.6 Å². The fraction of sp³-hybridized carbons (Fsp3) is 0.412. The molecule has 1 aromatic carbocycles. The van der Waals surface area contributed by atoms with Gasteiger partial charge in [-0.2, -0.15) is 0 Å². The van der Waals surface area contributed by atoms with E-state index in [2.05, 4.69) is 40.3 Å². The van der Waals surface area contributed by atoms with Gasteiger partial charge < -0.3 is 14.5 Å². The van der Waals surface area contributed by atoms with Gasteiger partial charge in [0, 0.05) is 29.0 Å². The summed E-state index contributed by atoms with van der Waals surface area (Å²) in [7, 11) is 0. The zero-order valence-corrected chi connectivity index (χ0v) is 14.2. The average Bonchev–Trinajstić information content (AvgIpc) is 2.98. The Kier molecular flexibility index (Phi) is 4.09. The Morgan fingerprint density at radius 2 is 2.14 bits per heavy atom. The van der Waals surface area contributed by atoms with E-state index < -0.39 is 0 Å². The molecule has 1 aliphatic heterocycles. The Hall–Kier alpha value is -1.26. The zero-order chi connectivity index (χ0) is 15.0. The SMILES string of the molecule is Cc1cc(C(C)NCC2Cc3cc(Br)ccc3O2)c(C)o1. The summed E-state index contributed by atoms with van der Waals surface area (Å²) in [4.78, 5) is 0. The van der Waals surface area contributed by atoms with Crippen LogP contribution in [0, 0.1) is 13.8 Å². The van der Waals surface area contributed by atoms with Gasteiger partial charge in [0.1, 0.15) is 23.4 Å². The van der Waals surface area contributed by atoms with E-state index in [1.165, 1.54) is 11.1 Å². The molecule has 2 atom stereocenters. The molecule has 0 bridgehead atoms. The number of benzene rings is 1. The molecule has 0 saturated heterocycles. The van der Waals surface area contributed by atoms with Crippen molar-refractivity contribution in [1.29, 1.82) is 0 Å². The summed E-state index contributed by atoms with van der Waals surface area (Å²) in [6.45, 7) is 6.99. The third kappa shape index (κ3) is 3.16. The number of hydrogen-bond acceptors (Lipinski definition) is 3. The normalized spacial score (nSPS) is 18.4. The standard InChI is InChI=1S/C17H20BrNO2/c1-10-6-16(12(3)20-10)11(2)19-9-15-8-13-7-14(18)4-5-17(13)21-15/h4-7,11,15,19H,8-9H2,1-3H3. The van der Waals surface area contributed by atoms with Gasteiger partial charge in [-0.3, -0.25) is 0 Å². The van der Waals surface area contributed by atoms with Crippen LogP contribution in [0.25, 0.3) is 0 Å². The number of halogens is 1. The highest BCUT2D eigenvalue weighted by molar-refractivity contribution is 9.10. The van der Waals surface area contributed by atoms with Gasteiger partial charge in [-0.05, 0) is 50.6 Å². The first-order valence-electron chi connectivity index (χ1n) is 7.28. The lowest BCUT2D eigenvalue weighted by Crippen LogP contribution is -2.32. The molecule has 0 spiro atoms. The lowest BCUT2D eigenvalue weighted by atomic mass is 10.1. The molecule has 4 heteroatoms. The van der Waals surface area contributed by atoms with Gasteiger partial charge >= 0.3 is 0 Å². The van der Waals surface area contributed by atoms with Crippen molar-refractivity contribution in [1.82, 2.24) is 5.32 Å². The minimum atomic E-state index is 0.199. The van der Waals surface area contributed by atoms with Crippen molar-refractivity contribution < 1.29 is 9.15 Å². The van der Waals surface area contributed by atoms with E-state index in [-0.39, 0.29) is 12.1 Å². The molecule has 2 aromatic rings. The van der Waals surface area contributed by atoms with E-state index in [1.807, 2.05) is 26.0 Å². The smallest absolute Gasteiger partial charge is 0.123 e. The molecular weight excluding hydrogens is 330 g/mol. The highest BCUT2D eigenvalue weighted by Crippen LogP contribution is 2.31. The molecule has 2 unspecified atom stereocenters. The van der Waals surface area contributed by atoms with E-state index in [0.717, 1.165) is 34.7 Å². The van der Waals surface area contributed by atoms with E-state index in [9.17, 15) is 0 Å². The maximum atomic E-state index is 5.98. The molecule has 0 saturated carbocycles. The third-order valence-corrected chi connectivity index (χ3v) is 4.45. The Bertz CT molecular complexity index is 650. The molecule has 1 N–H and O–H groups in total. The molecule has 21 heavy (non-hydrogen) atoms. The zero-order valence-electron chi connectivity index (χ0n) is 12.6. The Morgan fingerprint density at radius 1 is 1.33 bits per heavy atom. The third-order valence-electron chi connectivity index (χ3n) is 3.96. The van der Waals surface area contributed by atoms with Crippen molar-refractivity contribution in [3.63, 3.8) is 0 Å². The first-order chi connectivity index (χ1) is 10.0. The Labute approximate surface area is 133 Å². The minimum absolute atomic E-state index is 0.199. The van der Waals surface area contributed by atoms with Crippen LogP contribution >= 0.6 is 15.9 Å². The molecular formula is C17H20BrNO2. The maximum Gasteiger partial charge on any atom is 0.123 e. The summed E-state index contributed by atoms with van der Waals surface area (Å²) < 4.78 is 12.7. The molecule has 3 nitrogen and oxygen atoms in total. The molecule has 0 radical (unpaired) electrons. The Morgan fingerprint density at radius 3 is 2.86 bits per heavy atom. The Balaban J connectivity index is 1.58. The second kappa shape index (κ2) is 5.85. The van der Waals surface area contributed by atoms with Crippen molar-refractivity contribution in [2.45, 2.75) is 39.3 Å². The quantitative estimate of drug-likeness (QED) is 0.892. The van der Waals surface area contributed by atoms with Crippen molar-refractivity contribution in [3.8, 4) is 5.75 Å². The molecule has 3 rings (SSSR count). The van der Waals surface area contributed by atoms with Gasteiger partial charge in [-0.1, -0.05) is 15.9 Å². The monoisotopic (exact) mass is 349 g/mol. The molecule has 0 fully saturated rings. The lowest BCUT2D eigenvalue weighted by Gasteiger charge is -2.17. The van der Waals surface area contributed by atoms with Gasteiger partial charge in [-0.15, -0.1) is 0 Å². The summed E-state index contributed by atoms with van der Waals surface area (Å²) in [6.07, 6.45) is 1.16. The predicted octanol–water partition coefficient (Wildman–Crippen LogP) is 4.31. The molecule has 112 valence electrons. The predicted molar refractivity (Wildman–Crippen MR) is 86.9 cm³/mol. The van der Waals surface area contributed by atoms with E-state index in [4.69, 9.17) is 9.15 Å². The second-order valence-electron chi connectivity index (χ2n) is 5.69. The van der Waals surface area contributed by atoms with Gasteiger partial charge in [-0.25, -0.2) is 0 Å². The van der Waals surface area contributed by atoms with Crippen LogP contribution < -0.4 is 10.1 Å². The minimum Gasteiger partial charge on any atom is -0.488 e. The average molecular weight is 350 g/mol. The molecule has 0 amide bonds. The van der Waals surface area contributed by atoms with E-state index >= 15 is 0 Å². The van der Waals surface area contributed by atoms with Crippen molar-refractivity contribution in [3.05, 3.63) is 51.4 Å². The fourth-order valence-corrected chi connectivity index (χ4v) is 3.31. The van der Waals surface area contributed by atoms with Gasteiger partial charge in [0.15, 0.2) is 0 Å². The van der Waals surface area contributed by atoms with Crippen LogP contribution in [0.3, 0.4) is 0 Å². The van der Waals surface area contributed by atoms with Gasteiger partial charge in [0.25, 0.3) is 0 Å². The number of hydrogen-bond donors (Lipinski definition) is 1. The van der Waals surface area contributed by atoms with E-state index in [1.54, 1.807) is 0 Å². The number of furan rings is 1. The van der Waals surface area contributed by atoms with Crippen LogP contribution in [0.15, 0.2) is 33.2 Å². The molecule has 1 aromatic heterocycles. The second-order valence-corrected chi connectivity index (χ2v) is 6.61.